The van der Waals surface area contributed by atoms with Gasteiger partial charge in [-0.1, -0.05) is 61.0 Å². The average Bonchev–Trinajstić information content (AvgIpc) is 3.26. The van der Waals surface area contributed by atoms with Crippen LogP contribution >= 0.6 is 11.6 Å². The van der Waals surface area contributed by atoms with Crippen LogP contribution in [0.25, 0.3) is 11.0 Å². The first-order valence-corrected chi connectivity index (χ1v) is 13.5. The van der Waals surface area contributed by atoms with Gasteiger partial charge in [-0.2, -0.15) is 0 Å². The highest BCUT2D eigenvalue weighted by molar-refractivity contribution is 6.30. The highest BCUT2D eigenvalue weighted by atomic mass is 35.5. The van der Waals surface area contributed by atoms with Crippen molar-refractivity contribution in [1.29, 1.82) is 0 Å². The van der Waals surface area contributed by atoms with Gasteiger partial charge in [0.25, 0.3) is 0 Å². The molecular formula is C31H36ClN3O. The summed E-state index contributed by atoms with van der Waals surface area (Å²) in [5.74, 6) is 3.04. The van der Waals surface area contributed by atoms with Crippen LogP contribution in [0.5, 0.6) is 5.75 Å². The number of aromatic nitrogens is 2. The Morgan fingerprint density at radius 2 is 1.83 bits per heavy atom. The number of nitrogens with zero attached hydrogens (tertiary/aromatic N) is 3. The second-order valence-corrected chi connectivity index (χ2v) is 10.7. The summed E-state index contributed by atoms with van der Waals surface area (Å²) in [5, 5.41) is 0.711. The van der Waals surface area contributed by atoms with Gasteiger partial charge in [0.2, 0.25) is 0 Å². The van der Waals surface area contributed by atoms with Gasteiger partial charge in [0.1, 0.15) is 18.2 Å². The van der Waals surface area contributed by atoms with Crippen LogP contribution in [0, 0.1) is 12.8 Å². The third-order valence-electron chi connectivity index (χ3n) is 7.43. The molecule has 1 aliphatic rings. The van der Waals surface area contributed by atoms with E-state index >= 15 is 0 Å². The lowest BCUT2D eigenvalue weighted by Gasteiger charge is -2.34. The summed E-state index contributed by atoms with van der Waals surface area (Å²) < 4.78 is 8.45. The maximum absolute atomic E-state index is 6.09. The van der Waals surface area contributed by atoms with E-state index in [1.54, 1.807) is 0 Å². The molecule has 0 amide bonds. The summed E-state index contributed by atoms with van der Waals surface area (Å²) in [7, 11) is 0. The van der Waals surface area contributed by atoms with Gasteiger partial charge >= 0.3 is 0 Å². The highest BCUT2D eigenvalue weighted by Crippen LogP contribution is 2.28. The first kappa shape index (κ1) is 24.9. The first-order valence-electron chi connectivity index (χ1n) is 13.2. The molecule has 1 fully saturated rings. The summed E-state index contributed by atoms with van der Waals surface area (Å²) in [6.45, 7) is 9.42. The predicted octanol–water partition coefficient (Wildman–Crippen LogP) is 7.48. The Labute approximate surface area is 219 Å². The van der Waals surface area contributed by atoms with E-state index in [1.165, 1.54) is 42.6 Å². The number of benzene rings is 3. The number of fused-ring (bicyclic) bond motifs is 1. The second kappa shape index (κ2) is 11.5. The van der Waals surface area contributed by atoms with Crippen molar-refractivity contribution in [2.24, 2.45) is 5.92 Å². The molecule has 4 aromatic rings. The lowest BCUT2D eigenvalue weighted by atomic mass is 9.90. The van der Waals surface area contributed by atoms with Crippen molar-refractivity contribution in [3.05, 3.63) is 94.8 Å². The fraction of sp³-hybridized carbons (Fsp3) is 0.387. The number of hydrogen-bond donors (Lipinski definition) is 0. The first-order chi connectivity index (χ1) is 17.6. The zero-order valence-corrected chi connectivity index (χ0v) is 22.1. The zero-order valence-electron chi connectivity index (χ0n) is 21.4. The number of imidazole rings is 1. The van der Waals surface area contributed by atoms with Crippen LogP contribution in [-0.2, 0) is 13.2 Å². The van der Waals surface area contributed by atoms with E-state index in [2.05, 4.69) is 71.8 Å². The predicted molar refractivity (Wildman–Crippen MR) is 149 cm³/mol. The van der Waals surface area contributed by atoms with Crippen molar-refractivity contribution in [2.45, 2.75) is 52.2 Å². The van der Waals surface area contributed by atoms with E-state index in [1.807, 2.05) is 24.3 Å². The third-order valence-corrected chi connectivity index (χ3v) is 7.69. The van der Waals surface area contributed by atoms with Gasteiger partial charge in [0, 0.05) is 24.7 Å². The molecule has 0 radical (unpaired) electrons. The Hall–Kier alpha value is -2.82. The molecule has 2 heterocycles. The summed E-state index contributed by atoms with van der Waals surface area (Å²) >= 11 is 6.03. The normalized spacial score (nSPS) is 17.4. The van der Waals surface area contributed by atoms with Crippen LogP contribution in [0.4, 0.5) is 0 Å². The Kier molecular flexibility index (Phi) is 7.93. The number of piperidine rings is 1. The molecule has 2 unspecified atom stereocenters. The number of likely N-dealkylation sites (tertiary alicyclic amines) is 1. The summed E-state index contributed by atoms with van der Waals surface area (Å²) in [5.41, 5.74) is 4.95. The zero-order chi connectivity index (χ0) is 24.9. The van der Waals surface area contributed by atoms with Gasteiger partial charge < -0.3 is 14.2 Å². The number of hydrogen-bond acceptors (Lipinski definition) is 3. The van der Waals surface area contributed by atoms with E-state index < -0.39 is 0 Å². The standard InChI is InChI=1S/C31H36ClN3O/c1-23(20-34-18-7-11-26(21-34)25-9-4-3-5-10-25)17-19-35-29-12-6-8-24(2)31(29)33-30(35)22-36-28-15-13-27(32)14-16-28/h3-6,8-10,12-16,23,26H,7,11,17-22H2,1-2H3. The van der Waals surface area contributed by atoms with Crippen LogP contribution in [0.2, 0.25) is 5.02 Å². The van der Waals surface area contributed by atoms with Crippen molar-refractivity contribution in [1.82, 2.24) is 14.5 Å². The SMILES string of the molecule is Cc1cccc2c1nc(COc1ccc(Cl)cc1)n2CCC(C)CN1CCCC(c2ccccc2)C1. The number of rotatable bonds is 9. The monoisotopic (exact) mass is 501 g/mol. The maximum Gasteiger partial charge on any atom is 0.148 e. The van der Waals surface area contributed by atoms with Crippen LogP contribution in [0.1, 0.15) is 49.1 Å². The third kappa shape index (κ3) is 5.93. The smallest absolute Gasteiger partial charge is 0.148 e. The minimum atomic E-state index is 0.439. The van der Waals surface area contributed by atoms with Crippen LogP contribution in [-0.4, -0.2) is 34.1 Å². The Bertz CT molecular complexity index is 1270. The molecular weight excluding hydrogens is 466 g/mol. The molecule has 1 aliphatic heterocycles. The van der Waals surface area contributed by atoms with Gasteiger partial charge in [-0.25, -0.2) is 4.98 Å². The Morgan fingerprint density at radius 1 is 1.03 bits per heavy atom. The molecule has 0 aliphatic carbocycles. The number of halogens is 1. The van der Waals surface area contributed by atoms with Crippen LogP contribution in [0.3, 0.4) is 0 Å². The van der Waals surface area contributed by atoms with Crippen molar-refractivity contribution in [2.75, 3.05) is 19.6 Å². The van der Waals surface area contributed by atoms with E-state index in [4.69, 9.17) is 21.3 Å². The molecule has 1 saturated heterocycles. The van der Waals surface area contributed by atoms with Crippen LogP contribution < -0.4 is 4.74 Å². The van der Waals surface area contributed by atoms with Gasteiger partial charge in [0.05, 0.1) is 11.0 Å². The maximum atomic E-state index is 6.09. The molecule has 5 rings (SSSR count). The summed E-state index contributed by atoms with van der Waals surface area (Å²) in [6, 6.07) is 25.0. The molecule has 1 aromatic heterocycles. The summed E-state index contributed by atoms with van der Waals surface area (Å²) in [6.07, 6.45) is 3.69. The Balaban J connectivity index is 1.24. The molecule has 3 aromatic carbocycles. The number of para-hydroxylation sites is 1. The van der Waals surface area contributed by atoms with Crippen molar-refractivity contribution >= 4 is 22.6 Å². The second-order valence-electron chi connectivity index (χ2n) is 10.3. The van der Waals surface area contributed by atoms with Gasteiger partial charge in [-0.15, -0.1) is 0 Å². The lowest BCUT2D eigenvalue weighted by Crippen LogP contribution is -2.37. The number of ether oxygens (including phenoxy) is 1. The topological polar surface area (TPSA) is 30.3 Å². The Morgan fingerprint density at radius 3 is 2.64 bits per heavy atom. The molecule has 0 saturated carbocycles. The minimum Gasteiger partial charge on any atom is -0.486 e. The molecule has 4 nitrogen and oxygen atoms in total. The molecule has 5 heteroatoms. The van der Waals surface area contributed by atoms with Crippen molar-refractivity contribution in [3.63, 3.8) is 0 Å². The van der Waals surface area contributed by atoms with E-state index in [0.29, 0.717) is 23.5 Å². The molecule has 188 valence electrons. The van der Waals surface area contributed by atoms with Gasteiger partial charge in [0.15, 0.2) is 0 Å². The van der Waals surface area contributed by atoms with Crippen molar-refractivity contribution in [3.8, 4) is 5.75 Å². The largest absolute Gasteiger partial charge is 0.486 e. The van der Waals surface area contributed by atoms with Gasteiger partial charge in [-0.05, 0) is 86.0 Å². The summed E-state index contributed by atoms with van der Waals surface area (Å²) in [4.78, 5) is 7.66. The molecule has 36 heavy (non-hydrogen) atoms. The fourth-order valence-corrected chi connectivity index (χ4v) is 5.60. The quantitative estimate of drug-likeness (QED) is 0.238. The van der Waals surface area contributed by atoms with E-state index in [-0.39, 0.29) is 0 Å². The molecule has 0 bridgehead atoms. The molecule has 2 atom stereocenters. The number of aryl methyl sites for hydroxylation is 2. The fourth-order valence-electron chi connectivity index (χ4n) is 5.47. The highest BCUT2D eigenvalue weighted by Gasteiger charge is 2.22. The minimum absolute atomic E-state index is 0.439. The van der Waals surface area contributed by atoms with Crippen molar-refractivity contribution < 1.29 is 4.74 Å². The average molecular weight is 502 g/mol. The van der Waals surface area contributed by atoms with E-state index in [0.717, 1.165) is 36.6 Å². The molecule has 0 spiro atoms. The molecule has 0 N–H and O–H groups in total. The lowest BCUT2D eigenvalue weighted by molar-refractivity contribution is 0.178. The van der Waals surface area contributed by atoms with E-state index in [9.17, 15) is 0 Å². The van der Waals surface area contributed by atoms with Crippen LogP contribution in [0.15, 0.2) is 72.8 Å². The van der Waals surface area contributed by atoms with Gasteiger partial charge in [-0.3, -0.25) is 0 Å².